The molecule has 0 bridgehead atoms. The summed E-state index contributed by atoms with van der Waals surface area (Å²) < 4.78 is 2.18. The van der Waals surface area contributed by atoms with Gasteiger partial charge in [0.15, 0.2) is 11.5 Å². The van der Waals surface area contributed by atoms with E-state index in [4.69, 9.17) is 9.97 Å². The first-order valence-corrected chi connectivity index (χ1v) is 12.4. The fourth-order valence-corrected chi connectivity index (χ4v) is 4.83. The van der Waals surface area contributed by atoms with Crippen LogP contribution in [0, 0.1) is 5.92 Å². The van der Waals surface area contributed by atoms with Gasteiger partial charge in [0.25, 0.3) is 0 Å². The molecule has 0 fully saturated rings. The van der Waals surface area contributed by atoms with Crippen LogP contribution in [0.15, 0.2) is 84.1 Å². The topological polar surface area (TPSA) is 69.8 Å². The summed E-state index contributed by atoms with van der Waals surface area (Å²) in [5.74, 6) is 1.59. The Balaban J connectivity index is 1.45. The Labute approximate surface area is 207 Å². The highest BCUT2D eigenvalue weighted by molar-refractivity contribution is 5.70. The van der Waals surface area contributed by atoms with Gasteiger partial charge in [-0.2, -0.15) is 0 Å². The zero-order valence-electron chi connectivity index (χ0n) is 20.4. The van der Waals surface area contributed by atoms with Crippen molar-refractivity contribution in [1.29, 1.82) is 0 Å². The number of rotatable bonds is 9. The molecule has 0 saturated heterocycles. The van der Waals surface area contributed by atoms with Gasteiger partial charge in [-0.15, -0.1) is 0 Å². The van der Waals surface area contributed by atoms with E-state index in [9.17, 15) is 0 Å². The van der Waals surface area contributed by atoms with Crippen molar-refractivity contribution in [3.8, 4) is 0 Å². The minimum atomic E-state index is 0.374. The van der Waals surface area contributed by atoms with E-state index in [1.165, 1.54) is 11.3 Å². The lowest BCUT2D eigenvalue weighted by atomic mass is 9.90. The van der Waals surface area contributed by atoms with Crippen molar-refractivity contribution < 1.29 is 0 Å². The molecule has 0 amide bonds. The minimum absolute atomic E-state index is 0.374. The maximum atomic E-state index is 5.03. The summed E-state index contributed by atoms with van der Waals surface area (Å²) in [6.07, 6.45) is 26.9. The molecule has 5 rings (SSSR count). The van der Waals surface area contributed by atoms with E-state index < -0.39 is 0 Å². The molecule has 2 aromatic rings. The fourth-order valence-electron chi connectivity index (χ4n) is 4.83. The molecular weight excluding hydrogens is 434 g/mol. The summed E-state index contributed by atoms with van der Waals surface area (Å²) in [7, 11) is 0. The first-order valence-electron chi connectivity index (χ1n) is 12.4. The smallest absolute Gasteiger partial charge is 0.180 e. The highest BCUT2D eigenvalue weighted by Crippen LogP contribution is 2.30. The van der Waals surface area contributed by atoms with Crippen LogP contribution in [0.1, 0.15) is 44.0 Å². The van der Waals surface area contributed by atoms with Crippen LogP contribution in [0.3, 0.4) is 0 Å². The number of hydrogen-bond acceptors (Lipinski definition) is 6. The average Bonchev–Trinajstić information content (AvgIpc) is 3.52. The average molecular weight is 468 g/mol. The quantitative estimate of drug-likeness (QED) is 0.507. The minimum Gasteiger partial charge on any atom is -0.384 e. The largest absolute Gasteiger partial charge is 0.384 e. The van der Waals surface area contributed by atoms with Gasteiger partial charge in [0.2, 0.25) is 0 Å². The van der Waals surface area contributed by atoms with Gasteiger partial charge in [-0.1, -0.05) is 50.3 Å². The molecule has 7 heteroatoms. The monoisotopic (exact) mass is 467 g/mol. The number of fused-ring (bicyclic) bond motifs is 2. The van der Waals surface area contributed by atoms with Gasteiger partial charge >= 0.3 is 0 Å². The van der Waals surface area contributed by atoms with Crippen molar-refractivity contribution in [3.05, 3.63) is 90.5 Å². The number of nitrogens with zero attached hydrogens (tertiary/aromatic N) is 5. The van der Waals surface area contributed by atoms with E-state index in [0.717, 1.165) is 48.8 Å². The first-order chi connectivity index (χ1) is 17.2. The Morgan fingerprint density at radius 1 is 1.31 bits per heavy atom. The molecule has 0 radical (unpaired) electrons. The molecule has 0 aromatic carbocycles. The predicted molar refractivity (Wildman–Crippen MR) is 144 cm³/mol. The number of nitrogens with one attached hydrogen (secondary N) is 2. The number of aromatic nitrogens is 3. The highest BCUT2D eigenvalue weighted by Gasteiger charge is 2.26. The first kappa shape index (κ1) is 22.9. The Morgan fingerprint density at radius 3 is 3.00 bits per heavy atom. The van der Waals surface area contributed by atoms with E-state index in [0.29, 0.717) is 17.9 Å². The van der Waals surface area contributed by atoms with Crippen molar-refractivity contribution in [2.24, 2.45) is 10.9 Å². The van der Waals surface area contributed by atoms with Gasteiger partial charge in [0, 0.05) is 43.3 Å². The van der Waals surface area contributed by atoms with Crippen LogP contribution in [0.25, 0.3) is 11.3 Å². The summed E-state index contributed by atoms with van der Waals surface area (Å²) in [6, 6.07) is 0.374. The maximum Gasteiger partial charge on any atom is 0.180 e. The van der Waals surface area contributed by atoms with E-state index in [1.54, 1.807) is 6.20 Å². The summed E-state index contributed by atoms with van der Waals surface area (Å²) >= 11 is 0. The van der Waals surface area contributed by atoms with Crippen LogP contribution >= 0.6 is 0 Å². The molecule has 3 aliphatic rings. The molecule has 2 aliphatic heterocycles. The predicted octanol–water partition coefficient (Wildman–Crippen LogP) is 5.03. The van der Waals surface area contributed by atoms with Gasteiger partial charge in [0.1, 0.15) is 5.69 Å². The normalized spacial score (nSPS) is 21.7. The third-order valence-electron chi connectivity index (χ3n) is 6.97. The summed E-state index contributed by atoms with van der Waals surface area (Å²) in [4.78, 5) is 16.0. The van der Waals surface area contributed by atoms with Crippen LogP contribution < -0.4 is 10.6 Å². The molecule has 2 aromatic heterocycles. The fraction of sp³-hybridized carbons (Fsp3) is 0.321. The zero-order valence-corrected chi connectivity index (χ0v) is 20.4. The lowest BCUT2D eigenvalue weighted by Crippen LogP contribution is -2.25. The van der Waals surface area contributed by atoms with Crippen LogP contribution in [-0.2, 0) is 0 Å². The number of aliphatic imine (C=N–C) groups is 1. The van der Waals surface area contributed by atoms with E-state index in [1.807, 2.05) is 24.5 Å². The molecule has 35 heavy (non-hydrogen) atoms. The third kappa shape index (κ3) is 4.58. The highest BCUT2D eigenvalue weighted by atomic mass is 15.2. The maximum absolute atomic E-state index is 5.03. The molecule has 180 valence electrons. The molecule has 0 spiro atoms. The van der Waals surface area contributed by atoms with Crippen molar-refractivity contribution in [2.45, 2.75) is 38.6 Å². The van der Waals surface area contributed by atoms with Gasteiger partial charge in [-0.25, -0.2) is 9.97 Å². The van der Waals surface area contributed by atoms with Gasteiger partial charge in [-0.3, -0.25) is 9.39 Å². The molecule has 3 atom stereocenters. The van der Waals surface area contributed by atoms with Crippen LogP contribution in [0.4, 0.5) is 5.82 Å². The summed E-state index contributed by atoms with van der Waals surface area (Å²) in [5.41, 5.74) is 5.16. The molecular formula is C28H33N7. The number of imidazole rings is 1. The van der Waals surface area contributed by atoms with Gasteiger partial charge < -0.3 is 15.5 Å². The van der Waals surface area contributed by atoms with Crippen molar-refractivity contribution in [2.75, 3.05) is 18.4 Å². The zero-order chi connectivity index (χ0) is 24.2. The van der Waals surface area contributed by atoms with Crippen molar-refractivity contribution in [1.82, 2.24) is 24.6 Å². The lowest BCUT2D eigenvalue weighted by Gasteiger charge is -2.24. The Kier molecular flexibility index (Phi) is 6.66. The number of allylic oxidation sites excluding steroid dienone is 4. The van der Waals surface area contributed by atoms with Crippen LogP contribution in [0.5, 0.6) is 0 Å². The van der Waals surface area contributed by atoms with Gasteiger partial charge in [-0.05, 0) is 43.3 Å². The second-order valence-corrected chi connectivity index (χ2v) is 9.16. The second kappa shape index (κ2) is 10.2. The SMILES string of the molecule is C=N/C=C(/c1cn2c(C(C)CC)cnc2c(NCCC2=CNC3C=CC=CC23)n1)N1C=CC=CC1. The van der Waals surface area contributed by atoms with Crippen molar-refractivity contribution in [3.63, 3.8) is 0 Å². The molecule has 3 unspecified atom stereocenters. The van der Waals surface area contributed by atoms with Crippen LogP contribution in [0.2, 0.25) is 0 Å². The summed E-state index contributed by atoms with van der Waals surface area (Å²) in [6.45, 7) is 9.67. The standard InChI is InChI=1S/C28H33N7/c1-4-20(2)25-18-32-28-27(30-13-12-21-16-31-23-11-7-6-10-22(21)23)33-24(19-35(25)28)26(17-29-3)34-14-8-5-9-15-34/h5-11,14,16-20,22-23,31H,3-4,12-13,15H2,1-2H3,(H,30,33)/b26-17-. The summed E-state index contributed by atoms with van der Waals surface area (Å²) in [5, 5.41) is 7.07. The van der Waals surface area contributed by atoms with E-state index in [-0.39, 0.29) is 0 Å². The third-order valence-corrected chi connectivity index (χ3v) is 6.97. The molecule has 1 aliphatic carbocycles. The van der Waals surface area contributed by atoms with Crippen molar-refractivity contribution >= 4 is 23.9 Å². The second-order valence-electron chi connectivity index (χ2n) is 9.16. The molecule has 4 heterocycles. The number of hydrogen-bond donors (Lipinski definition) is 2. The molecule has 7 nitrogen and oxygen atoms in total. The van der Waals surface area contributed by atoms with Crippen LogP contribution in [-0.4, -0.2) is 45.1 Å². The Bertz CT molecular complexity index is 1270. The van der Waals surface area contributed by atoms with E-state index in [2.05, 4.69) is 88.3 Å². The lowest BCUT2D eigenvalue weighted by molar-refractivity contribution is 0.582. The van der Waals surface area contributed by atoms with E-state index >= 15 is 0 Å². The number of anilines is 1. The molecule has 0 saturated carbocycles. The van der Waals surface area contributed by atoms with Gasteiger partial charge in [0.05, 0.1) is 17.9 Å². The Hall–Kier alpha value is -3.87. The Morgan fingerprint density at radius 2 is 2.20 bits per heavy atom. The molecule has 2 N–H and O–H groups in total.